The summed E-state index contributed by atoms with van der Waals surface area (Å²) >= 11 is 0. The predicted molar refractivity (Wildman–Crippen MR) is 82.1 cm³/mol. The van der Waals surface area contributed by atoms with Crippen molar-refractivity contribution in [1.29, 1.82) is 0 Å². The van der Waals surface area contributed by atoms with Gasteiger partial charge in [-0.25, -0.2) is 0 Å². The second-order valence-electron chi connectivity index (χ2n) is 5.69. The zero-order chi connectivity index (χ0) is 14.4. The first kappa shape index (κ1) is 15.2. The van der Waals surface area contributed by atoms with E-state index in [4.69, 9.17) is 4.74 Å². The molecule has 0 spiro atoms. The van der Waals surface area contributed by atoms with Crippen molar-refractivity contribution < 1.29 is 9.53 Å². The zero-order valence-electron chi connectivity index (χ0n) is 12.7. The van der Waals surface area contributed by atoms with Crippen molar-refractivity contribution in [3.05, 3.63) is 35.4 Å². The summed E-state index contributed by atoms with van der Waals surface area (Å²) in [5.74, 6) is 0.573. The van der Waals surface area contributed by atoms with Crippen molar-refractivity contribution in [1.82, 2.24) is 0 Å². The van der Waals surface area contributed by atoms with Crippen molar-refractivity contribution >= 4 is 5.78 Å². The quantitative estimate of drug-likeness (QED) is 0.718. The van der Waals surface area contributed by atoms with Crippen LogP contribution in [0, 0.1) is 5.92 Å². The lowest BCUT2D eigenvalue weighted by molar-refractivity contribution is 0.0127. The van der Waals surface area contributed by atoms with Gasteiger partial charge in [0.2, 0.25) is 0 Å². The second-order valence-corrected chi connectivity index (χ2v) is 5.69. The molecule has 20 heavy (non-hydrogen) atoms. The first-order chi connectivity index (χ1) is 9.76. The molecule has 0 bridgehead atoms. The Morgan fingerprint density at radius 2 is 1.80 bits per heavy atom. The van der Waals surface area contributed by atoms with Crippen LogP contribution in [0.2, 0.25) is 0 Å². The molecule has 1 aromatic rings. The summed E-state index contributed by atoms with van der Waals surface area (Å²) in [6.07, 6.45) is 6.79. The predicted octanol–water partition coefficient (Wildman–Crippen LogP) is 4.42. The van der Waals surface area contributed by atoms with Crippen molar-refractivity contribution in [2.75, 3.05) is 6.61 Å². The average molecular weight is 274 g/mol. The van der Waals surface area contributed by atoms with Gasteiger partial charge in [0.15, 0.2) is 5.78 Å². The van der Waals surface area contributed by atoms with E-state index < -0.39 is 0 Å². The molecular weight excluding hydrogens is 248 g/mol. The van der Waals surface area contributed by atoms with Crippen LogP contribution in [-0.2, 0) is 11.2 Å². The normalized spacial score (nSPS) is 17.9. The SMILES string of the molecule is CCOC(C(=O)c1ccc(CC)cc1)C1CCCCC1. The highest BCUT2D eigenvalue weighted by Gasteiger charge is 2.30. The number of rotatable bonds is 6. The maximum Gasteiger partial charge on any atom is 0.191 e. The Morgan fingerprint density at radius 3 is 2.35 bits per heavy atom. The number of ketones is 1. The Kier molecular flexibility index (Phi) is 5.78. The molecule has 1 aromatic carbocycles. The Hall–Kier alpha value is -1.15. The van der Waals surface area contributed by atoms with E-state index in [0.717, 1.165) is 24.8 Å². The van der Waals surface area contributed by atoms with Crippen LogP contribution in [0.4, 0.5) is 0 Å². The summed E-state index contributed by atoms with van der Waals surface area (Å²) in [7, 11) is 0. The van der Waals surface area contributed by atoms with Crippen LogP contribution < -0.4 is 0 Å². The Balaban J connectivity index is 2.12. The van der Waals surface area contributed by atoms with E-state index in [0.29, 0.717) is 12.5 Å². The van der Waals surface area contributed by atoms with Crippen molar-refractivity contribution in [3.63, 3.8) is 0 Å². The first-order valence-corrected chi connectivity index (χ1v) is 8.01. The number of benzene rings is 1. The van der Waals surface area contributed by atoms with Crippen molar-refractivity contribution in [2.45, 2.75) is 58.5 Å². The van der Waals surface area contributed by atoms with Crippen molar-refractivity contribution in [3.8, 4) is 0 Å². The molecule has 0 aromatic heterocycles. The monoisotopic (exact) mass is 274 g/mol. The fourth-order valence-corrected chi connectivity index (χ4v) is 3.11. The average Bonchev–Trinajstić information content (AvgIpc) is 2.53. The third-order valence-electron chi connectivity index (χ3n) is 4.33. The molecule has 0 aliphatic heterocycles. The molecule has 2 heteroatoms. The van der Waals surface area contributed by atoms with Gasteiger partial charge in [0.1, 0.15) is 6.10 Å². The summed E-state index contributed by atoms with van der Waals surface area (Å²) in [5, 5.41) is 0. The number of ether oxygens (including phenoxy) is 1. The summed E-state index contributed by atoms with van der Waals surface area (Å²) in [4.78, 5) is 12.7. The number of Topliss-reactive ketones (excluding diaryl/α,β-unsaturated/α-hetero) is 1. The van der Waals surface area contributed by atoms with E-state index in [1.165, 1.54) is 24.8 Å². The van der Waals surface area contributed by atoms with E-state index in [9.17, 15) is 4.79 Å². The molecule has 1 saturated carbocycles. The molecule has 1 aliphatic carbocycles. The standard InChI is InChI=1S/C18H26O2/c1-3-14-10-12-15(13-11-14)17(19)18(20-4-2)16-8-6-5-7-9-16/h10-13,16,18H,3-9H2,1-2H3. The number of hydrogen-bond acceptors (Lipinski definition) is 2. The molecular formula is C18H26O2. The van der Waals surface area contributed by atoms with Gasteiger partial charge in [-0.2, -0.15) is 0 Å². The van der Waals surface area contributed by atoms with Gasteiger partial charge in [-0.15, -0.1) is 0 Å². The molecule has 1 unspecified atom stereocenters. The summed E-state index contributed by atoms with van der Waals surface area (Å²) in [5.41, 5.74) is 2.07. The molecule has 1 aliphatic rings. The molecule has 110 valence electrons. The van der Waals surface area contributed by atoms with Gasteiger partial charge in [0.05, 0.1) is 0 Å². The first-order valence-electron chi connectivity index (χ1n) is 8.01. The molecule has 0 heterocycles. The smallest absolute Gasteiger partial charge is 0.191 e. The van der Waals surface area contributed by atoms with E-state index in [2.05, 4.69) is 19.1 Å². The molecule has 2 rings (SSSR count). The van der Waals surface area contributed by atoms with Crippen LogP contribution in [0.5, 0.6) is 0 Å². The fourth-order valence-electron chi connectivity index (χ4n) is 3.11. The lowest BCUT2D eigenvalue weighted by atomic mass is 9.82. The number of aryl methyl sites for hydroxylation is 1. The summed E-state index contributed by atoms with van der Waals surface area (Å²) in [6, 6.07) is 8.01. The van der Waals surface area contributed by atoms with Gasteiger partial charge in [0, 0.05) is 12.2 Å². The van der Waals surface area contributed by atoms with E-state index >= 15 is 0 Å². The largest absolute Gasteiger partial charge is 0.370 e. The molecule has 0 saturated heterocycles. The fraction of sp³-hybridized carbons (Fsp3) is 0.611. The van der Waals surface area contributed by atoms with Gasteiger partial charge < -0.3 is 4.74 Å². The lowest BCUT2D eigenvalue weighted by Crippen LogP contribution is -2.34. The molecule has 0 N–H and O–H groups in total. The van der Waals surface area contributed by atoms with Crippen LogP contribution >= 0.6 is 0 Å². The minimum Gasteiger partial charge on any atom is -0.370 e. The van der Waals surface area contributed by atoms with Gasteiger partial charge in [-0.1, -0.05) is 50.5 Å². The molecule has 0 amide bonds. The van der Waals surface area contributed by atoms with E-state index in [-0.39, 0.29) is 11.9 Å². The van der Waals surface area contributed by atoms with Crippen LogP contribution in [-0.4, -0.2) is 18.5 Å². The number of carbonyl (C=O) groups excluding carboxylic acids is 1. The van der Waals surface area contributed by atoms with Crippen LogP contribution in [0.15, 0.2) is 24.3 Å². The summed E-state index contributed by atoms with van der Waals surface area (Å²) < 4.78 is 5.80. The number of hydrogen-bond donors (Lipinski definition) is 0. The lowest BCUT2D eigenvalue weighted by Gasteiger charge is -2.29. The van der Waals surface area contributed by atoms with E-state index in [1.807, 2.05) is 19.1 Å². The Labute approximate surface area is 122 Å². The van der Waals surface area contributed by atoms with Gasteiger partial charge in [-0.05, 0) is 37.7 Å². The highest BCUT2D eigenvalue weighted by Crippen LogP contribution is 2.29. The third-order valence-corrected chi connectivity index (χ3v) is 4.33. The van der Waals surface area contributed by atoms with Crippen LogP contribution in [0.1, 0.15) is 61.9 Å². The Bertz CT molecular complexity index is 416. The highest BCUT2D eigenvalue weighted by atomic mass is 16.5. The van der Waals surface area contributed by atoms with E-state index in [1.54, 1.807) is 0 Å². The topological polar surface area (TPSA) is 26.3 Å². The van der Waals surface area contributed by atoms with Gasteiger partial charge in [-0.3, -0.25) is 4.79 Å². The number of carbonyl (C=O) groups is 1. The summed E-state index contributed by atoms with van der Waals surface area (Å²) in [6.45, 7) is 4.71. The van der Waals surface area contributed by atoms with Crippen molar-refractivity contribution in [2.24, 2.45) is 5.92 Å². The maximum atomic E-state index is 12.7. The zero-order valence-corrected chi connectivity index (χ0v) is 12.7. The Morgan fingerprint density at radius 1 is 1.15 bits per heavy atom. The third kappa shape index (κ3) is 3.69. The minimum absolute atomic E-state index is 0.168. The van der Waals surface area contributed by atoms with Crippen LogP contribution in [0.3, 0.4) is 0 Å². The highest BCUT2D eigenvalue weighted by molar-refractivity contribution is 5.99. The second kappa shape index (κ2) is 7.58. The van der Waals surface area contributed by atoms with Crippen LogP contribution in [0.25, 0.3) is 0 Å². The molecule has 1 atom stereocenters. The maximum absolute atomic E-state index is 12.7. The van der Waals surface area contributed by atoms with Gasteiger partial charge >= 0.3 is 0 Å². The van der Waals surface area contributed by atoms with Gasteiger partial charge in [0.25, 0.3) is 0 Å². The minimum atomic E-state index is -0.243. The molecule has 1 fully saturated rings. The molecule has 0 radical (unpaired) electrons. The molecule has 2 nitrogen and oxygen atoms in total.